The number of rotatable bonds is 32. The first-order chi connectivity index (χ1) is 28.1. The van der Waals surface area contributed by atoms with E-state index in [1.807, 2.05) is 0 Å². The molecular weight excluding hydrogens is 808 g/mol. The van der Waals surface area contributed by atoms with Gasteiger partial charge in [0.15, 0.2) is 0 Å². The van der Waals surface area contributed by atoms with Gasteiger partial charge in [-0.15, -0.1) is 0 Å². The molecule has 0 spiro atoms. The van der Waals surface area contributed by atoms with Crippen molar-refractivity contribution in [2.75, 3.05) is 65.8 Å². The minimum absolute atomic E-state index is 0.357. The molecule has 0 unspecified atom stereocenters. The molecule has 0 aliphatic carbocycles. The largest absolute Gasteiger partial charge is 0.396 e. The summed E-state index contributed by atoms with van der Waals surface area (Å²) in [4.78, 5) is 104. The Morgan fingerprint density at radius 1 is 0.393 bits per heavy atom. The van der Waals surface area contributed by atoms with Gasteiger partial charge >= 0.3 is 0 Å². The molecule has 0 saturated heterocycles. The second-order valence-electron chi connectivity index (χ2n) is 17.9. The van der Waals surface area contributed by atoms with Gasteiger partial charge < -0.3 is 66.9 Å². The maximum atomic E-state index is 13.4. The highest BCUT2D eigenvalue weighted by Gasteiger charge is 2.37. The Balaban J connectivity index is 6.17. The third-order valence-electron chi connectivity index (χ3n) is 10.4. The first-order valence-corrected chi connectivity index (χ1v) is 20.0. The lowest BCUT2D eigenvalue weighted by Gasteiger charge is -2.27. The fourth-order valence-electron chi connectivity index (χ4n) is 5.12. The number of carbonyl (C=O) groups is 8. The van der Waals surface area contributed by atoms with Gasteiger partial charge in [0.05, 0.1) is 51.5 Å². The lowest BCUT2D eigenvalue weighted by molar-refractivity contribution is -0.138. The Bertz CT molecular complexity index is 1290. The van der Waals surface area contributed by atoms with Crippen molar-refractivity contribution in [2.24, 2.45) is 33.5 Å². The van der Waals surface area contributed by atoms with E-state index in [0.29, 0.717) is 0 Å². The van der Waals surface area contributed by atoms with Crippen molar-refractivity contribution in [1.29, 1.82) is 0 Å². The average Bonchev–Trinajstić information content (AvgIpc) is 3.21. The van der Waals surface area contributed by atoms with Crippen molar-refractivity contribution in [3.8, 4) is 0 Å². The van der Waals surface area contributed by atoms with Crippen LogP contribution in [0.5, 0.6) is 0 Å². The summed E-state index contributed by atoms with van der Waals surface area (Å²) in [5, 5.41) is 88.4. The number of hydrogen-bond acceptors (Lipinski definition) is 17. The van der Waals surface area contributed by atoms with Gasteiger partial charge in [0.2, 0.25) is 23.6 Å². The van der Waals surface area contributed by atoms with E-state index in [4.69, 9.17) is 4.74 Å². The van der Waals surface area contributed by atoms with Crippen LogP contribution in [-0.4, -0.2) is 178 Å². The number of aliphatic hydroxyl groups is 8. The minimum Gasteiger partial charge on any atom is -0.396 e. The standard InChI is InChI=1S/C40H70N4O17/c1-37(2,19-45)29(53)33(57)41-13-9-25(49)23(26(50)10-14-42-34(58)30(54)38(3,4)20-46)17-61-18-24(27(51)11-15-43-35(59)31(55)39(5,6)21-47)28(52)12-16-44-36(60)32(56)40(7,8)22-48/h23-24,29-32,45-48,53-56H,9-22H2,1-8H3,(H,41,57)(H,42,58)(H,43,59)(H,44,60)/t29-,30-,31-,32-/m0/s1. The predicted molar refractivity (Wildman–Crippen MR) is 216 cm³/mol. The molecule has 0 saturated carbocycles. The van der Waals surface area contributed by atoms with E-state index in [1.165, 1.54) is 55.4 Å². The van der Waals surface area contributed by atoms with Crippen LogP contribution in [0.3, 0.4) is 0 Å². The summed E-state index contributed by atoms with van der Waals surface area (Å²) in [5.41, 5.74) is -4.87. The van der Waals surface area contributed by atoms with E-state index in [0.717, 1.165) is 0 Å². The zero-order chi connectivity index (χ0) is 47.5. The summed E-state index contributed by atoms with van der Waals surface area (Å²) in [6, 6.07) is 0. The van der Waals surface area contributed by atoms with Crippen LogP contribution in [0.1, 0.15) is 81.1 Å². The summed E-state index contributed by atoms with van der Waals surface area (Å²) in [7, 11) is 0. The molecule has 0 radical (unpaired) electrons. The van der Waals surface area contributed by atoms with E-state index in [-0.39, 0.29) is 26.2 Å². The van der Waals surface area contributed by atoms with E-state index in [9.17, 15) is 79.2 Å². The summed E-state index contributed by atoms with van der Waals surface area (Å²) in [6.07, 6.45) is -8.45. The predicted octanol–water partition coefficient (Wildman–Crippen LogP) is -3.95. The molecule has 0 aromatic heterocycles. The van der Waals surface area contributed by atoms with Crippen molar-refractivity contribution in [3.63, 3.8) is 0 Å². The molecule has 0 aliphatic heterocycles. The SMILES string of the molecule is CC(C)(CO)[C@@H](O)C(=O)NCCC(=O)C(COCC(C(=O)CCNC(=O)[C@H](O)C(C)(C)CO)C(=O)CCNC(=O)[C@H](O)C(C)(C)CO)C(=O)CCNC(=O)[C@H](O)C(C)(C)CO. The number of ketones is 4. The fraction of sp³-hybridized carbons (Fsp3) is 0.800. The lowest BCUT2D eigenvalue weighted by atomic mass is 9.87. The first kappa shape index (κ1) is 57.2. The molecule has 21 nitrogen and oxygen atoms in total. The van der Waals surface area contributed by atoms with Crippen molar-refractivity contribution >= 4 is 46.8 Å². The molecule has 4 atom stereocenters. The first-order valence-electron chi connectivity index (χ1n) is 20.0. The Hall–Kier alpha value is -3.80. The molecule has 0 rings (SSSR count). The molecule has 0 aromatic carbocycles. The highest BCUT2D eigenvalue weighted by atomic mass is 16.5. The average molecular weight is 879 g/mol. The Labute approximate surface area is 356 Å². The quantitative estimate of drug-likeness (QED) is 0.0287. The third-order valence-corrected chi connectivity index (χ3v) is 10.4. The van der Waals surface area contributed by atoms with Crippen LogP contribution in [0.2, 0.25) is 0 Å². The zero-order valence-corrected chi connectivity index (χ0v) is 36.6. The number of nitrogens with one attached hydrogen (secondary N) is 4. The molecule has 12 N–H and O–H groups in total. The van der Waals surface area contributed by atoms with Crippen molar-refractivity contribution in [1.82, 2.24) is 21.3 Å². The van der Waals surface area contributed by atoms with Crippen LogP contribution in [0, 0.1) is 33.5 Å². The van der Waals surface area contributed by atoms with Crippen LogP contribution in [-0.2, 0) is 43.1 Å². The van der Waals surface area contributed by atoms with Crippen LogP contribution in [0.4, 0.5) is 0 Å². The molecule has 0 aromatic rings. The second kappa shape index (κ2) is 26.0. The smallest absolute Gasteiger partial charge is 0.249 e. The van der Waals surface area contributed by atoms with Crippen LogP contribution in [0.25, 0.3) is 0 Å². The monoisotopic (exact) mass is 878 g/mol. The number of amides is 4. The van der Waals surface area contributed by atoms with Gasteiger partial charge in [-0.2, -0.15) is 0 Å². The van der Waals surface area contributed by atoms with Gasteiger partial charge in [0, 0.05) is 73.5 Å². The molecule has 21 heteroatoms. The van der Waals surface area contributed by atoms with Gasteiger partial charge in [0.25, 0.3) is 0 Å². The van der Waals surface area contributed by atoms with E-state index in [2.05, 4.69) is 21.3 Å². The summed E-state index contributed by atoms with van der Waals surface area (Å²) < 4.78 is 5.64. The van der Waals surface area contributed by atoms with Crippen LogP contribution < -0.4 is 21.3 Å². The second-order valence-corrected chi connectivity index (χ2v) is 17.9. The van der Waals surface area contributed by atoms with E-state index < -0.39 is 170 Å². The number of ether oxygens (including phenoxy) is 1. The number of aliphatic hydroxyl groups excluding tert-OH is 8. The lowest BCUT2D eigenvalue weighted by Crippen LogP contribution is -2.47. The Kier molecular flexibility index (Phi) is 24.4. The van der Waals surface area contributed by atoms with Crippen molar-refractivity contribution < 1.29 is 83.9 Å². The molecule has 61 heavy (non-hydrogen) atoms. The van der Waals surface area contributed by atoms with Crippen molar-refractivity contribution in [3.05, 3.63) is 0 Å². The topological polar surface area (TPSA) is 356 Å². The maximum Gasteiger partial charge on any atom is 0.249 e. The van der Waals surface area contributed by atoms with E-state index in [1.54, 1.807) is 0 Å². The molecule has 4 amide bonds. The molecule has 0 aliphatic rings. The van der Waals surface area contributed by atoms with E-state index >= 15 is 0 Å². The Morgan fingerprint density at radius 3 is 0.738 bits per heavy atom. The number of hydrogen-bond donors (Lipinski definition) is 12. The van der Waals surface area contributed by atoms with Gasteiger partial charge in [-0.05, 0) is 0 Å². The number of Topliss-reactive ketones (excluding diaryl/α,β-unsaturated/α-hetero) is 4. The summed E-state index contributed by atoms with van der Waals surface area (Å²) >= 11 is 0. The van der Waals surface area contributed by atoms with Crippen LogP contribution in [0.15, 0.2) is 0 Å². The summed E-state index contributed by atoms with van der Waals surface area (Å²) in [5.74, 6) is -9.86. The van der Waals surface area contributed by atoms with Gasteiger partial charge in [-0.3, -0.25) is 38.4 Å². The highest BCUT2D eigenvalue weighted by molar-refractivity contribution is 6.04. The van der Waals surface area contributed by atoms with Crippen LogP contribution >= 0.6 is 0 Å². The van der Waals surface area contributed by atoms with Gasteiger partial charge in [0.1, 0.15) is 47.5 Å². The molecule has 0 bridgehead atoms. The highest BCUT2D eigenvalue weighted by Crippen LogP contribution is 2.22. The minimum atomic E-state index is -1.65. The van der Waals surface area contributed by atoms with Crippen molar-refractivity contribution in [2.45, 2.75) is 105 Å². The molecule has 0 heterocycles. The Morgan fingerprint density at radius 2 is 0.574 bits per heavy atom. The van der Waals surface area contributed by atoms with Gasteiger partial charge in [-0.1, -0.05) is 55.4 Å². The normalized spacial score (nSPS) is 14.5. The maximum absolute atomic E-state index is 13.4. The molecule has 352 valence electrons. The summed E-state index contributed by atoms with van der Waals surface area (Å²) in [6.45, 7) is 6.48. The number of carbonyl (C=O) groups excluding carboxylic acids is 8. The zero-order valence-electron chi connectivity index (χ0n) is 36.6. The molecule has 0 fully saturated rings. The third kappa shape index (κ3) is 18.6. The fourth-order valence-corrected chi connectivity index (χ4v) is 5.12. The van der Waals surface area contributed by atoms with Gasteiger partial charge in [-0.25, -0.2) is 0 Å². The molecular formula is C40H70N4O17.